The van der Waals surface area contributed by atoms with Crippen molar-refractivity contribution in [2.75, 3.05) is 5.88 Å². The molecule has 0 aliphatic rings. The fraction of sp³-hybridized carbons (Fsp3) is 0.214. The molecule has 3 aromatic rings. The zero-order valence-corrected chi connectivity index (χ0v) is 11.7. The van der Waals surface area contributed by atoms with Gasteiger partial charge in [-0.05, 0) is 18.2 Å². The SMILES string of the molecule is Fc1cc(F)c2nc(CCCl)n(Cc3cccnn3)c2c1. The monoisotopic (exact) mass is 308 g/mol. The molecule has 2 aromatic heterocycles. The molecule has 4 nitrogen and oxygen atoms in total. The second-order valence-corrected chi connectivity index (χ2v) is 4.90. The van der Waals surface area contributed by atoms with Crippen LogP contribution >= 0.6 is 11.6 Å². The first-order valence-electron chi connectivity index (χ1n) is 6.35. The van der Waals surface area contributed by atoms with Crippen molar-refractivity contribution in [3.05, 3.63) is 53.6 Å². The Hall–Kier alpha value is -2.08. The van der Waals surface area contributed by atoms with Crippen LogP contribution in [-0.2, 0) is 13.0 Å². The molecular weight excluding hydrogens is 298 g/mol. The first-order valence-corrected chi connectivity index (χ1v) is 6.89. The molecule has 0 N–H and O–H groups in total. The number of imidazole rings is 1. The summed E-state index contributed by atoms with van der Waals surface area (Å²) in [6, 6.07) is 5.63. The van der Waals surface area contributed by atoms with Gasteiger partial charge in [0, 0.05) is 24.6 Å². The quantitative estimate of drug-likeness (QED) is 0.696. The Morgan fingerprint density at radius 3 is 2.81 bits per heavy atom. The third kappa shape index (κ3) is 2.71. The number of nitrogens with zero attached hydrogens (tertiary/aromatic N) is 4. The van der Waals surface area contributed by atoms with E-state index in [2.05, 4.69) is 15.2 Å². The number of benzene rings is 1. The molecule has 0 atom stereocenters. The molecule has 0 amide bonds. The van der Waals surface area contributed by atoms with Gasteiger partial charge >= 0.3 is 0 Å². The van der Waals surface area contributed by atoms with Gasteiger partial charge in [0.1, 0.15) is 17.2 Å². The van der Waals surface area contributed by atoms with E-state index in [0.29, 0.717) is 35.9 Å². The Bertz CT molecular complexity index is 773. The van der Waals surface area contributed by atoms with Crippen molar-refractivity contribution in [2.45, 2.75) is 13.0 Å². The fourth-order valence-corrected chi connectivity index (χ4v) is 2.40. The number of halogens is 3. The molecule has 0 unspecified atom stereocenters. The van der Waals surface area contributed by atoms with Crippen LogP contribution in [0.3, 0.4) is 0 Å². The summed E-state index contributed by atoms with van der Waals surface area (Å²) >= 11 is 5.76. The second kappa shape index (κ2) is 5.73. The molecule has 0 aliphatic carbocycles. The van der Waals surface area contributed by atoms with Gasteiger partial charge in [0.25, 0.3) is 0 Å². The normalized spacial score (nSPS) is 11.2. The summed E-state index contributed by atoms with van der Waals surface area (Å²) in [5, 5.41) is 7.79. The van der Waals surface area contributed by atoms with E-state index in [-0.39, 0.29) is 5.52 Å². The number of hydrogen-bond donors (Lipinski definition) is 0. The molecular formula is C14H11ClF2N4. The summed E-state index contributed by atoms with van der Waals surface area (Å²) in [7, 11) is 0. The molecule has 0 bridgehead atoms. The largest absolute Gasteiger partial charge is 0.322 e. The minimum atomic E-state index is -0.682. The van der Waals surface area contributed by atoms with Crippen molar-refractivity contribution in [1.82, 2.24) is 19.7 Å². The first-order chi connectivity index (χ1) is 10.2. The highest BCUT2D eigenvalue weighted by atomic mass is 35.5. The van der Waals surface area contributed by atoms with Crippen LogP contribution in [0.2, 0.25) is 0 Å². The minimum absolute atomic E-state index is 0.139. The van der Waals surface area contributed by atoms with Crippen LogP contribution in [0, 0.1) is 11.6 Å². The van der Waals surface area contributed by atoms with Crippen LogP contribution in [-0.4, -0.2) is 25.6 Å². The lowest BCUT2D eigenvalue weighted by Crippen LogP contribution is -2.07. The zero-order valence-electron chi connectivity index (χ0n) is 10.9. The lowest BCUT2D eigenvalue weighted by Gasteiger charge is -2.07. The van der Waals surface area contributed by atoms with Gasteiger partial charge in [0.05, 0.1) is 17.8 Å². The number of aryl methyl sites for hydroxylation is 1. The average molecular weight is 309 g/mol. The van der Waals surface area contributed by atoms with Crippen molar-refractivity contribution in [3.63, 3.8) is 0 Å². The Kier molecular flexibility index (Phi) is 3.79. The van der Waals surface area contributed by atoms with Gasteiger partial charge < -0.3 is 4.57 Å². The molecule has 0 fully saturated rings. The molecule has 0 saturated carbocycles. The Labute approximate surface area is 124 Å². The van der Waals surface area contributed by atoms with Crippen LogP contribution in [0.25, 0.3) is 11.0 Å². The van der Waals surface area contributed by atoms with E-state index in [1.165, 1.54) is 6.07 Å². The lowest BCUT2D eigenvalue weighted by atomic mass is 10.3. The van der Waals surface area contributed by atoms with E-state index in [0.717, 1.165) is 6.07 Å². The minimum Gasteiger partial charge on any atom is -0.322 e. The highest BCUT2D eigenvalue weighted by molar-refractivity contribution is 6.17. The molecule has 1 aromatic carbocycles. The molecule has 21 heavy (non-hydrogen) atoms. The standard InChI is InChI=1S/C14H11ClF2N4/c15-4-3-13-19-14-11(17)6-9(16)7-12(14)21(13)8-10-2-1-5-18-20-10/h1-2,5-7H,3-4,8H2. The Morgan fingerprint density at radius 2 is 2.10 bits per heavy atom. The molecule has 0 radical (unpaired) electrons. The van der Waals surface area contributed by atoms with E-state index in [4.69, 9.17) is 11.6 Å². The number of fused-ring (bicyclic) bond motifs is 1. The molecule has 7 heteroatoms. The van der Waals surface area contributed by atoms with E-state index >= 15 is 0 Å². The van der Waals surface area contributed by atoms with E-state index < -0.39 is 11.6 Å². The maximum absolute atomic E-state index is 13.8. The highest BCUT2D eigenvalue weighted by Crippen LogP contribution is 2.22. The molecule has 2 heterocycles. The number of hydrogen-bond acceptors (Lipinski definition) is 3. The summed E-state index contributed by atoms with van der Waals surface area (Å²) in [6.07, 6.45) is 2.02. The smallest absolute Gasteiger partial charge is 0.153 e. The predicted molar refractivity (Wildman–Crippen MR) is 75.2 cm³/mol. The van der Waals surface area contributed by atoms with Gasteiger partial charge in [-0.2, -0.15) is 10.2 Å². The summed E-state index contributed by atoms with van der Waals surface area (Å²) in [5.41, 5.74) is 1.20. The van der Waals surface area contributed by atoms with Crippen molar-refractivity contribution < 1.29 is 8.78 Å². The van der Waals surface area contributed by atoms with Crippen molar-refractivity contribution in [2.24, 2.45) is 0 Å². The molecule has 0 spiro atoms. The van der Waals surface area contributed by atoms with Crippen LogP contribution in [0.4, 0.5) is 8.78 Å². The van der Waals surface area contributed by atoms with E-state index in [9.17, 15) is 8.78 Å². The van der Waals surface area contributed by atoms with Gasteiger partial charge in [0.2, 0.25) is 0 Å². The van der Waals surface area contributed by atoms with Gasteiger partial charge in [0.15, 0.2) is 5.82 Å². The number of rotatable bonds is 4. The summed E-state index contributed by atoms with van der Waals surface area (Å²) in [6.45, 7) is 0.333. The number of aromatic nitrogens is 4. The van der Waals surface area contributed by atoms with Gasteiger partial charge in [-0.1, -0.05) is 0 Å². The number of alkyl halides is 1. The van der Waals surface area contributed by atoms with Crippen LogP contribution < -0.4 is 0 Å². The topological polar surface area (TPSA) is 43.6 Å². The van der Waals surface area contributed by atoms with Crippen LogP contribution in [0.5, 0.6) is 0 Å². The summed E-state index contributed by atoms with van der Waals surface area (Å²) in [4.78, 5) is 4.23. The summed E-state index contributed by atoms with van der Waals surface area (Å²) < 4.78 is 29.0. The van der Waals surface area contributed by atoms with E-state index in [1.54, 1.807) is 22.9 Å². The predicted octanol–water partition coefficient (Wildman–Crippen LogP) is 2.93. The maximum atomic E-state index is 13.8. The van der Waals surface area contributed by atoms with Crippen LogP contribution in [0.15, 0.2) is 30.5 Å². The molecule has 108 valence electrons. The average Bonchev–Trinajstić information content (AvgIpc) is 2.79. The maximum Gasteiger partial charge on any atom is 0.153 e. The lowest BCUT2D eigenvalue weighted by molar-refractivity contribution is 0.590. The Balaban J connectivity index is 2.16. The third-order valence-electron chi connectivity index (χ3n) is 3.12. The first kappa shape index (κ1) is 13.9. The highest BCUT2D eigenvalue weighted by Gasteiger charge is 2.16. The molecule has 0 saturated heterocycles. The van der Waals surface area contributed by atoms with Gasteiger partial charge in [-0.15, -0.1) is 11.6 Å². The van der Waals surface area contributed by atoms with Crippen molar-refractivity contribution >= 4 is 22.6 Å². The van der Waals surface area contributed by atoms with Gasteiger partial charge in [-0.25, -0.2) is 13.8 Å². The van der Waals surface area contributed by atoms with Crippen LogP contribution in [0.1, 0.15) is 11.5 Å². The second-order valence-electron chi connectivity index (χ2n) is 4.52. The fourth-order valence-electron chi connectivity index (χ4n) is 2.23. The molecule has 0 aliphatic heterocycles. The Morgan fingerprint density at radius 1 is 1.24 bits per heavy atom. The summed E-state index contributed by atoms with van der Waals surface area (Å²) in [5.74, 6) is -0.389. The van der Waals surface area contributed by atoms with E-state index in [1.807, 2.05) is 0 Å². The zero-order chi connectivity index (χ0) is 14.8. The van der Waals surface area contributed by atoms with Crippen molar-refractivity contribution in [3.8, 4) is 0 Å². The molecule has 3 rings (SSSR count). The van der Waals surface area contributed by atoms with Gasteiger partial charge in [-0.3, -0.25) is 0 Å². The van der Waals surface area contributed by atoms with Crippen molar-refractivity contribution in [1.29, 1.82) is 0 Å². The third-order valence-corrected chi connectivity index (χ3v) is 3.31.